The lowest BCUT2D eigenvalue weighted by Gasteiger charge is -2.26. The first-order chi connectivity index (χ1) is 16.0. The Bertz CT molecular complexity index is 1240. The van der Waals surface area contributed by atoms with Crippen LogP contribution in [0.1, 0.15) is 11.1 Å². The molecular weight excluding hydrogens is 444 g/mol. The Morgan fingerprint density at radius 2 is 1.70 bits per heavy atom. The maximum atomic E-state index is 13.0. The van der Waals surface area contributed by atoms with Crippen molar-refractivity contribution in [2.75, 3.05) is 12.0 Å². The molecule has 7 nitrogen and oxygen atoms in total. The third kappa shape index (κ3) is 4.88. The number of urea groups is 1. The molecule has 1 N–H and O–H groups in total. The zero-order valence-corrected chi connectivity index (χ0v) is 18.3. The second-order valence-electron chi connectivity index (χ2n) is 7.12. The van der Waals surface area contributed by atoms with Crippen LogP contribution in [0.3, 0.4) is 0 Å². The minimum atomic E-state index is -0.826. The Kier molecular flexibility index (Phi) is 6.42. The molecule has 0 spiro atoms. The molecule has 1 fully saturated rings. The molecule has 0 radical (unpaired) electrons. The number of carbonyl (C=O) groups is 3. The number of nitrogens with one attached hydrogen (secondary N) is 1. The number of carbonyl (C=O) groups excluding carboxylic acids is 3. The van der Waals surface area contributed by atoms with Gasteiger partial charge in [-0.05, 0) is 53.6 Å². The number of nitrogens with zero attached hydrogens (tertiary/aromatic N) is 1. The number of ether oxygens (including phenoxy) is 2. The lowest BCUT2D eigenvalue weighted by molar-refractivity contribution is -0.122. The SMILES string of the molecule is COc1ccc(/C=C2\C(=O)NC(=O)N(c3ccc(OCc4ccccc4)cc3)C2=O)cc1Cl. The Balaban J connectivity index is 1.54. The van der Waals surface area contributed by atoms with Gasteiger partial charge in [-0.3, -0.25) is 14.9 Å². The Morgan fingerprint density at radius 3 is 2.36 bits per heavy atom. The summed E-state index contributed by atoms with van der Waals surface area (Å²) in [6, 6.07) is 20.2. The summed E-state index contributed by atoms with van der Waals surface area (Å²) in [5.74, 6) is -0.485. The minimum absolute atomic E-state index is 0.194. The van der Waals surface area contributed by atoms with Crippen molar-refractivity contribution in [1.82, 2.24) is 5.32 Å². The first-order valence-corrected chi connectivity index (χ1v) is 10.4. The highest BCUT2D eigenvalue weighted by Gasteiger charge is 2.36. The topological polar surface area (TPSA) is 84.9 Å². The lowest BCUT2D eigenvalue weighted by Crippen LogP contribution is -2.54. The average Bonchev–Trinajstić information content (AvgIpc) is 2.82. The van der Waals surface area contributed by atoms with Crippen LogP contribution in [0.5, 0.6) is 11.5 Å². The molecule has 1 aliphatic heterocycles. The van der Waals surface area contributed by atoms with E-state index in [9.17, 15) is 14.4 Å². The molecule has 33 heavy (non-hydrogen) atoms. The Morgan fingerprint density at radius 1 is 0.970 bits per heavy atom. The standard InChI is InChI=1S/C25H19ClN2O5/c1-32-22-12-7-17(14-21(22)26)13-20-23(29)27-25(31)28(24(20)30)18-8-10-19(11-9-18)33-15-16-5-3-2-4-6-16/h2-14H,15H2,1H3,(H,27,29,31)/b20-13+. The highest BCUT2D eigenvalue weighted by atomic mass is 35.5. The predicted octanol–water partition coefficient (Wildman–Crippen LogP) is 4.59. The highest BCUT2D eigenvalue weighted by Crippen LogP contribution is 2.28. The number of benzene rings is 3. The Hall–Kier alpha value is -4.10. The van der Waals surface area contributed by atoms with Crippen LogP contribution in [0.15, 0.2) is 78.4 Å². The van der Waals surface area contributed by atoms with E-state index in [1.807, 2.05) is 30.3 Å². The summed E-state index contributed by atoms with van der Waals surface area (Å²) in [4.78, 5) is 38.7. The lowest BCUT2D eigenvalue weighted by atomic mass is 10.1. The van der Waals surface area contributed by atoms with Gasteiger partial charge in [-0.2, -0.15) is 0 Å². The van der Waals surface area contributed by atoms with E-state index in [0.717, 1.165) is 10.5 Å². The monoisotopic (exact) mass is 462 g/mol. The number of hydrogen-bond acceptors (Lipinski definition) is 5. The van der Waals surface area contributed by atoms with Crippen molar-refractivity contribution in [2.45, 2.75) is 6.61 Å². The van der Waals surface area contributed by atoms with Gasteiger partial charge in [0.25, 0.3) is 11.8 Å². The zero-order chi connectivity index (χ0) is 23.4. The summed E-state index contributed by atoms with van der Waals surface area (Å²) in [6.45, 7) is 0.384. The summed E-state index contributed by atoms with van der Waals surface area (Å²) >= 11 is 6.13. The molecule has 3 aromatic rings. The summed E-state index contributed by atoms with van der Waals surface area (Å²) in [5, 5.41) is 2.53. The maximum absolute atomic E-state index is 13.0. The van der Waals surface area contributed by atoms with Crippen molar-refractivity contribution in [1.29, 1.82) is 0 Å². The molecule has 0 aromatic heterocycles. The number of barbiturate groups is 1. The van der Waals surface area contributed by atoms with Crippen molar-refractivity contribution in [2.24, 2.45) is 0 Å². The fraction of sp³-hybridized carbons (Fsp3) is 0.0800. The van der Waals surface area contributed by atoms with Crippen LogP contribution in [0.4, 0.5) is 10.5 Å². The van der Waals surface area contributed by atoms with Crippen LogP contribution in [0.25, 0.3) is 6.08 Å². The van der Waals surface area contributed by atoms with Crippen LogP contribution >= 0.6 is 11.6 Å². The molecule has 4 rings (SSSR count). The van der Waals surface area contributed by atoms with Crippen LogP contribution in [-0.2, 0) is 16.2 Å². The van der Waals surface area contributed by atoms with Gasteiger partial charge in [-0.1, -0.05) is 48.0 Å². The van der Waals surface area contributed by atoms with Crippen molar-refractivity contribution >= 4 is 41.2 Å². The molecule has 166 valence electrons. The molecule has 0 unspecified atom stereocenters. The fourth-order valence-corrected chi connectivity index (χ4v) is 3.53. The fourth-order valence-electron chi connectivity index (χ4n) is 3.26. The molecule has 0 bridgehead atoms. The molecule has 1 heterocycles. The third-order valence-electron chi connectivity index (χ3n) is 4.93. The minimum Gasteiger partial charge on any atom is -0.495 e. The number of anilines is 1. The van der Waals surface area contributed by atoms with E-state index in [1.165, 1.54) is 13.2 Å². The normalized spacial score (nSPS) is 14.9. The van der Waals surface area contributed by atoms with Gasteiger partial charge >= 0.3 is 6.03 Å². The molecule has 0 atom stereocenters. The Labute approximate surface area is 195 Å². The van der Waals surface area contributed by atoms with Crippen LogP contribution in [-0.4, -0.2) is 25.0 Å². The van der Waals surface area contributed by atoms with E-state index < -0.39 is 17.8 Å². The van der Waals surface area contributed by atoms with Crippen LogP contribution in [0, 0.1) is 0 Å². The summed E-state index contributed by atoms with van der Waals surface area (Å²) in [7, 11) is 1.49. The number of methoxy groups -OCH3 is 1. The van der Waals surface area contributed by atoms with Crippen molar-refractivity contribution in [3.63, 3.8) is 0 Å². The first kappa shape index (κ1) is 22.1. The number of amides is 4. The molecule has 0 saturated carbocycles. The zero-order valence-electron chi connectivity index (χ0n) is 17.6. The van der Waals surface area contributed by atoms with Gasteiger partial charge < -0.3 is 9.47 Å². The maximum Gasteiger partial charge on any atom is 0.335 e. The summed E-state index contributed by atoms with van der Waals surface area (Å²) in [6.07, 6.45) is 1.37. The molecule has 0 aliphatic carbocycles. The van der Waals surface area contributed by atoms with Gasteiger partial charge in [0.05, 0.1) is 17.8 Å². The van der Waals surface area contributed by atoms with Gasteiger partial charge in [-0.15, -0.1) is 0 Å². The summed E-state index contributed by atoms with van der Waals surface area (Å²) in [5.41, 5.74) is 1.63. The second-order valence-corrected chi connectivity index (χ2v) is 7.53. The van der Waals surface area contributed by atoms with E-state index in [2.05, 4.69) is 5.32 Å². The van der Waals surface area contributed by atoms with Crippen molar-refractivity contribution < 1.29 is 23.9 Å². The van der Waals surface area contributed by atoms with Gasteiger partial charge in [0.2, 0.25) is 0 Å². The van der Waals surface area contributed by atoms with Gasteiger partial charge in [0.1, 0.15) is 23.7 Å². The second kappa shape index (κ2) is 9.58. The molecule has 8 heteroatoms. The van der Waals surface area contributed by atoms with E-state index in [0.29, 0.717) is 34.4 Å². The molecule has 4 amide bonds. The molecule has 3 aromatic carbocycles. The van der Waals surface area contributed by atoms with Gasteiger partial charge in [0.15, 0.2) is 0 Å². The van der Waals surface area contributed by atoms with E-state index in [1.54, 1.807) is 42.5 Å². The number of rotatable bonds is 6. The quantitative estimate of drug-likeness (QED) is 0.427. The van der Waals surface area contributed by atoms with Crippen molar-refractivity contribution in [3.05, 3.63) is 94.5 Å². The number of hydrogen-bond donors (Lipinski definition) is 1. The third-order valence-corrected chi connectivity index (χ3v) is 5.23. The molecular formula is C25H19ClN2O5. The number of imide groups is 2. The smallest absolute Gasteiger partial charge is 0.335 e. The predicted molar refractivity (Wildman–Crippen MR) is 124 cm³/mol. The van der Waals surface area contributed by atoms with E-state index in [-0.39, 0.29) is 5.57 Å². The van der Waals surface area contributed by atoms with Gasteiger partial charge in [-0.25, -0.2) is 9.69 Å². The van der Waals surface area contributed by atoms with Crippen molar-refractivity contribution in [3.8, 4) is 11.5 Å². The molecule has 1 aliphatic rings. The average molecular weight is 463 g/mol. The van der Waals surface area contributed by atoms with E-state index >= 15 is 0 Å². The molecule has 1 saturated heterocycles. The van der Waals surface area contributed by atoms with Crippen LogP contribution < -0.4 is 19.7 Å². The number of halogens is 1. The summed E-state index contributed by atoms with van der Waals surface area (Å²) < 4.78 is 10.9. The van der Waals surface area contributed by atoms with E-state index in [4.69, 9.17) is 21.1 Å². The largest absolute Gasteiger partial charge is 0.495 e. The first-order valence-electron chi connectivity index (χ1n) is 9.98. The van der Waals surface area contributed by atoms with Crippen LogP contribution in [0.2, 0.25) is 5.02 Å². The van der Waals surface area contributed by atoms with Gasteiger partial charge in [0, 0.05) is 0 Å². The highest BCUT2D eigenvalue weighted by molar-refractivity contribution is 6.39.